The molecule has 96 valence electrons. The van der Waals surface area contributed by atoms with Gasteiger partial charge >= 0.3 is 0 Å². The molecule has 3 nitrogen and oxygen atoms in total. The fourth-order valence-corrected chi connectivity index (χ4v) is 2.02. The van der Waals surface area contributed by atoms with Gasteiger partial charge in [-0.1, -0.05) is 39.0 Å². The Morgan fingerprint density at radius 2 is 1.94 bits per heavy atom. The van der Waals surface area contributed by atoms with Gasteiger partial charge in [-0.2, -0.15) is 0 Å². The van der Waals surface area contributed by atoms with Gasteiger partial charge in [0.25, 0.3) is 0 Å². The van der Waals surface area contributed by atoms with Crippen molar-refractivity contribution in [2.24, 2.45) is 0 Å². The third-order valence-electron chi connectivity index (χ3n) is 2.88. The Balaban J connectivity index is 2.43. The van der Waals surface area contributed by atoms with Gasteiger partial charge in [0.1, 0.15) is 6.26 Å². The number of hydrogen-bond donors (Lipinski definition) is 1. The molecule has 2 aromatic rings. The van der Waals surface area contributed by atoms with Crippen molar-refractivity contribution in [1.82, 2.24) is 10.3 Å². The fourth-order valence-electron chi connectivity index (χ4n) is 2.02. The molecule has 0 spiro atoms. The summed E-state index contributed by atoms with van der Waals surface area (Å²) in [6.45, 7) is 7.32. The molecule has 0 radical (unpaired) electrons. The minimum Gasteiger partial charge on any atom is -0.444 e. The van der Waals surface area contributed by atoms with E-state index in [2.05, 4.69) is 49.3 Å². The molecule has 0 aliphatic carbocycles. The Labute approximate surface area is 108 Å². The van der Waals surface area contributed by atoms with Gasteiger partial charge < -0.3 is 9.73 Å². The van der Waals surface area contributed by atoms with E-state index in [-0.39, 0.29) is 5.41 Å². The molecule has 18 heavy (non-hydrogen) atoms. The normalized spacial score (nSPS) is 11.8. The van der Waals surface area contributed by atoms with E-state index in [1.165, 1.54) is 5.56 Å². The van der Waals surface area contributed by atoms with Crippen LogP contribution in [0.2, 0.25) is 0 Å². The van der Waals surface area contributed by atoms with Crippen molar-refractivity contribution in [2.45, 2.75) is 32.7 Å². The average Bonchev–Trinajstić information content (AvgIpc) is 2.77. The van der Waals surface area contributed by atoms with Crippen molar-refractivity contribution >= 4 is 0 Å². The Hall–Kier alpha value is -1.61. The highest BCUT2D eigenvalue weighted by Gasteiger charge is 2.20. The van der Waals surface area contributed by atoms with E-state index in [0.717, 1.165) is 17.8 Å². The van der Waals surface area contributed by atoms with Crippen molar-refractivity contribution in [2.75, 3.05) is 7.05 Å². The Morgan fingerprint density at radius 3 is 2.61 bits per heavy atom. The maximum Gasteiger partial charge on any atom is 0.226 e. The van der Waals surface area contributed by atoms with E-state index in [4.69, 9.17) is 4.42 Å². The molecule has 0 atom stereocenters. The standard InChI is InChI=1S/C15H20N2O/c1-15(2,3)13-8-6-5-7-12(13)14-17-11(9-16-4)10-18-14/h5-8,10,16H,9H2,1-4H3. The Kier molecular flexibility index (Phi) is 3.53. The van der Waals surface area contributed by atoms with E-state index < -0.39 is 0 Å². The SMILES string of the molecule is CNCc1coc(-c2ccccc2C(C)(C)C)n1. The molecule has 3 heteroatoms. The molecular formula is C15H20N2O. The first-order valence-electron chi connectivity index (χ1n) is 6.21. The molecule has 1 heterocycles. The van der Waals surface area contributed by atoms with Gasteiger partial charge in [-0.05, 0) is 24.1 Å². The van der Waals surface area contributed by atoms with Crippen LogP contribution in [0, 0.1) is 0 Å². The number of hydrogen-bond acceptors (Lipinski definition) is 3. The van der Waals surface area contributed by atoms with Crippen molar-refractivity contribution in [1.29, 1.82) is 0 Å². The van der Waals surface area contributed by atoms with E-state index in [1.807, 2.05) is 13.1 Å². The van der Waals surface area contributed by atoms with Crippen LogP contribution in [0.15, 0.2) is 34.9 Å². The number of oxazole rings is 1. The van der Waals surface area contributed by atoms with Crippen LogP contribution in [-0.2, 0) is 12.0 Å². The van der Waals surface area contributed by atoms with Gasteiger partial charge in [0.05, 0.1) is 5.69 Å². The van der Waals surface area contributed by atoms with Crippen LogP contribution in [0.4, 0.5) is 0 Å². The molecule has 0 unspecified atom stereocenters. The monoisotopic (exact) mass is 244 g/mol. The zero-order valence-corrected chi connectivity index (χ0v) is 11.4. The third kappa shape index (κ3) is 2.62. The van der Waals surface area contributed by atoms with E-state index >= 15 is 0 Å². The van der Waals surface area contributed by atoms with Crippen LogP contribution in [0.25, 0.3) is 11.5 Å². The highest BCUT2D eigenvalue weighted by Crippen LogP contribution is 2.32. The van der Waals surface area contributed by atoms with Crippen molar-refractivity contribution in [3.63, 3.8) is 0 Å². The number of nitrogens with zero attached hydrogens (tertiary/aromatic N) is 1. The summed E-state index contributed by atoms with van der Waals surface area (Å²) in [5.74, 6) is 0.700. The minimum atomic E-state index is 0.0776. The van der Waals surface area contributed by atoms with E-state index in [0.29, 0.717) is 5.89 Å². The van der Waals surface area contributed by atoms with Gasteiger partial charge in [0, 0.05) is 12.1 Å². The van der Waals surface area contributed by atoms with E-state index in [9.17, 15) is 0 Å². The maximum absolute atomic E-state index is 5.59. The molecule has 1 aromatic heterocycles. The topological polar surface area (TPSA) is 38.1 Å². The molecule has 0 saturated carbocycles. The molecule has 0 bridgehead atoms. The second-order valence-corrected chi connectivity index (χ2v) is 5.47. The Bertz CT molecular complexity index is 523. The molecule has 0 fully saturated rings. The second-order valence-electron chi connectivity index (χ2n) is 5.47. The third-order valence-corrected chi connectivity index (χ3v) is 2.88. The average molecular weight is 244 g/mol. The summed E-state index contributed by atoms with van der Waals surface area (Å²) in [6, 6.07) is 8.28. The quantitative estimate of drug-likeness (QED) is 0.899. The molecule has 0 saturated heterocycles. The molecule has 0 aliphatic heterocycles. The van der Waals surface area contributed by atoms with Crippen molar-refractivity contribution < 1.29 is 4.42 Å². The van der Waals surface area contributed by atoms with Crippen LogP contribution >= 0.6 is 0 Å². The van der Waals surface area contributed by atoms with Gasteiger partial charge in [-0.3, -0.25) is 0 Å². The summed E-state index contributed by atoms with van der Waals surface area (Å²) < 4.78 is 5.59. The summed E-state index contributed by atoms with van der Waals surface area (Å²) in [5.41, 5.74) is 3.33. The lowest BCUT2D eigenvalue weighted by atomic mass is 9.84. The molecular weight excluding hydrogens is 224 g/mol. The van der Waals surface area contributed by atoms with Crippen LogP contribution in [0.3, 0.4) is 0 Å². The fraction of sp³-hybridized carbons (Fsp3) is 0.400. The van der Waals surface area contributed by atoms with Gasteiger partial charge in [0.15, 0.2) is 0 Å². The minimum absolute atomic E-state index is 0.0776. The molecule has 1 N–H and O–H groups in total. The molecule has 0 amide bonds. The van der Waals surface area contributed by atoms with Gasteiger partial charge in [-0.15, -0.1) is 0 Å². The van der Waals surface area contributed by atoms with Crippen LogP contribution in [0.5, 0.6) is 0 Å². The molecule has 1 aromatic carbocycles. The lowest BCUT2D eigenvalue weighted by Crippen LogP contribution is -2.12. The summed E-state index contributed by atoms with van der Waals surface area (Å²) in [7, 11) is 1.90. The zero-order chi connectivity index (χ0) is 13.2. The van der Waals surface area contributed by atoms with Crippen LogP contribution < -0.4 is 5.32 Å². The largest absolute Gasteiger partial charge is 0.444 e. The lowest BCUT2D eigenvalue weighted by molar-refractivity contribution is 0.558. The number of rotatable bonds is 3. The smallest absolute Gasteiger partial charge is 0.226 e. The van der Waals surface area contributed by atoms with Crippen molar-refractivity contribution in [3.05, 3.63) is 41.8 Å². The second kappa shape index (κ2) is 4.94. The number of aromatic nitrogens is 1. The molecule has 0 aliphatic rings. The van der Waals surface area contributed by atoms with Crippen molar-refractivity contribution in [3.8, 4) is 11.5 Å². The predicted octanol–water partition coefficient (Wildman–Crippen LogP) is 3.36. The number of benzene rings is 1. The highest BCUT2D eigenvalue weighted by atomic mass is 16.3. The Morgan fingerprint density at radius 1 is 1.22 bits per heavy atom. The maximum atomic E-state index is 5.59. The zero-order valence-electron chi connectivity index (χ0n) is 11.4. The molecule has 2 rings (SSSR count). The number of nitrogens with one attached hydrogen (secondary N) is 1. The summed E-state index contributed by atoms with van der Waals surface area (Å²) in [6.07, 6.45) is 1.71. The first-order chi connectivity index (χ1) is 8.52. The summed E-state index contributed by atoms with van der Waals surface area (Å²) >= 11 is 0. The first-order valence-corrected chi connectivity index (χ1v) is 6.21. The predicted molar refractivity (Wildman–Crippen MR) is 73.4 cm³/mol. The summed E-state index contributed by atoms with van der Waals surface area (Å²) in [5, 5.41) is 3.07. The van der Waals surface area contributed by atoms with Crippen LogP contribution in [-0.4, -0.2) is 12.0 Å². The first kappa shape index (κ1) is 12.8. The lowest BCUT2D eigenvalue weighted by Gasteiger charge is -2.21. The summed E-state index contributed by atoms with van der Waals surface area (Å²) in [4.78, 5) is 4.52. The van der Waals surface area contributed by atoms with Gasteiger partial charge in [-0.25, -0.2) is 4.98 Å². The van der Waals surface area contributed by atoms with E-state index in [1.54, 1.807) is 6.26 Å². The van der Waals surface area contributed by atoms with Gasteiger partial charge in [0.2, 0.25) is 5.89 Å². The highest BCUT2D eigenvalue weighted by molar-refractivity contribution is 5.60. The van der Waals surface area contributed by atoms with Crippen LogP contribution in [0.1, 0.15) is 32.0 Å².